The predicted molar refractivity (Wildman–Crippen MR) is 162 cm³/mol. The molecular weight excluding hydrogens is 530 g/mol. The van der Waals surface area contributed by atoms with Crippen LogP contribution in [-0.2, 0) is 26.1 Å². The van der Waals surface area contributed by atoms with Crippen molar-refractivity contribution in [2.75, 3.05) is 13.2 Å². The van der Waals surface area contributed by atoms with Gasteiger partial charge in [0, 0.05) is 38.8 Å². The molecule has 0 aliphatic rings. The largest absolute Gasteiger partial charge is 0.395 e. The first kappa shape index (κ1) is 31.4. The van der Waals surface area contributed by atoms with E-state index in [4.69, 9.17) is 0 Å². The fourth-order valence-electron chi connectivity index (χ4n) is 4.71. The van der Waals surface area contributed by atoms with Crippen molar-refractivity contribution >= 4 is 0 Å². The van der Waals surface area contributed by atoms with Gasteiger partial charge in [0.1, 0.15) is 6.10 Å². The molecule has 0 radical (unpaired) electrons. The van der Waals surface area contributed by atoms with Gasteiger partial charge in [-0.3, -0.25) is 9.97 Å². The first-order valence-corrected chi connectivity index (χ1v) is 14.3. The highest BCUT2D eigenvalue weighted by Gasteiger charge is 2.29. The van der Waals surface area contributed by atoms with Crippen LogP contribution >= 0.6 is 0 Å². The fourth-order valence-corrected chi connectivity index (χ4v) is 4.71. The molecule has 42 heavy (non-hydrogen) atoms. The van der Waals surface area contributed by atoms with E-state index in [2.05, 4.69) is 25.9 Å². The minimum Gasteiger partial charge on any atom is -0.395 e. The molecule has 7 N–H and O–H groups in total. The van der Waals surface area contributed by atoms with Crippen LogP contribution in [0.5, 0.6) is 0 Å². The van der Waals surface area contributed by atoms with Gasteiger partial charge in [-0.1, -0.05) is 91.0 Å². The molecule has 9 nitrogen and oxygen atoms in total. The third kappa shape index (κ3) is 9.78. The molecule has 4 rings (SSSR count). The van der Waals surface area contributed by atoms with E-state index >= 15 is 0 Å². The maximum atomic E-state index is 11.3. The molecule has 0 saturated carbocycles. The zero-order valence-corrected chi connectivity index (χ0v) is 23.6. The van der Waals surface area contributed by atoms with Crippen molar-refractivity contribution in [1.29, 1.82) is 0 Å². The van der Waals surface area contributed by atoms with Gasteiger partial charge in [0.2, 0.25) is 0 Å². The number of benzene rings is 3. The smallest absolute Gasteiger partial charge is 0.115 e. The average molecular weight is 572 g/mol. The SMILES string of the molecule is OC[C@@H](NCc1ccccc1)[C@@H](O)Cc1cnc(C(O)[C@H](NCc2ccccc2)[C@@H](O)CNCc2ccccc2)cn1. The van der Waals surface area contributed by atoms with Crippen LogP contribution in [-0.4, -0.2) is 67.8 Å². The van der Waals surface area contributed by atoms with Crippen molar-refractivity contribution in [3.8, 4) is 0 Å². The van der Waals surface area contributed by atoms with Crippen LogP contribution in [0, 0.1) is 0 Å². The van der Waals surface area contributed by atoms with Crippen molar-refractivity contribution < 1.29 is 20.4 Å². The van der Waals surface area contributed by atoms with E-state index in [-0.39, 0.29) is 19.6 Å². The molecule has 0 fully saturated rings. The van der Waals surface area contributed by atoms with Gasteiger partial charge in [0.15, 0.2) is 0 Å². The van der Waals surface area contributed by atoms with Crippen LogP contribution in [0.15, 0.2) is 103 Å². The first-order valence-electron chi connectivity index (χ1n) is 14.3. The molecular formula is C33H41N5O4. The van der Waals surface area contributed by atoms with E-state index in [0.717, 1.165) is 16.7 Å². The Bertz CT molecular complexity index is 1280. The minimum absolute atomic E-state index is 0.179. The van der Waals surface area contributed by atoms with Gasteiger partial charge in [0.25, 0.3) is 0 Å². The summed E-state index contributed by atoms with van der Waals surface area (Å²) in [7, 11) is 0. The van der Waals surface area contributed by atoms with Gasteiger partial charge in [-0.25, -0.2) is 0 Å². The van der Waals surface area contributed by atoms with Gasteiger partial charge in [-0.05, 0) is 16.7 Å². The maximum Gasteiger partial charge on any atom is 0.115 e. The van der Waals surface area contributed by atoms with E-state index in [1.165, 1.54) is 12.4 Å². The molecule has 9 heteroatoms. The zero-order valence-electron chi connectivity index (χ0n) is 23.6. The first-order chi connectivity index (χ1) is 20.5. The summed E-state index contributed by atoms with van der Waals surface area (Å²) >= 11 is 0. The Balaban J connectivity index is 1.36. The number of aliphatic hydroxyl groups excluding tert-OH is 4. The lowest BCUT2D eigenvalue weighted by atomic mass is 10.0. The van der Waals surface area contributed by atoms with Gasteiger partial charge in [-0.2, -0.15) is 0 Å². The number of nitrogens with one attached hydrogen (secondary N) is 3. The number of nitrogens with zero attached hydrogens (tertiary/aromatic N) is 2. The number of hydrogen-bond acceptors (Lipinski definition) is 9. The van der Waals surface area contributed by atoms with E-state index < -0.39 is 30.4 Å². The van der Waals surface area contributed by atoms with Gasteiger partial charge < -0.3 is 36.4 Å². The number of rotatable bonds is 17. The van der Waals surface area contributed by atoms with E-state index in [1.807, 2.05) is 91.0 Å². The summed E-state index contributed by atoms with van der Waals surface area (Å²) in [6.45, 7) is 1.58. The van der Waals surface area contributed by atoms with Crippen LogP contribution in [0.25, 0.3) is 0 Å². The van der Waals surface area contributed by atoms with E-state index in [0.29, 0.717) is 31.0 Å². The average Bonchev–Trinajstić information content (AvgIpc) is 3.03. The summed E-state index contributed by atoms with van der Waals surface area (Å²) < 4.78 is 0. The second kappa shape index (κ2) is 16.8. The van der Waals surface area contributed by atoms with Gasteiger partial charge in [-0.15, -0.1) is 0 Å². The van der Waals surface area contributed by atoms with E-state index in [1.54, 1.807) is 0 Å². The standard InChI is InChI=1S/C33H41N5O4/c39-23-29(36-18-25-12-6-2-7-13-25)30(40)16-27-20-37-28(21-35-27)33(42)32(38-19-26-14-8-3-9-15-26)31(41)22-34-17-24-10-4-1-5-11-24/h1-15,20-21,29-34,36,38-42H,16-19,22-23H2/t29-,30+,31+,32-,33?/m1/s1. The van der Waals surface area contributed by atoms with Crippen molar-refractivity contribution in [3.63, 3.8) is 0 Å². The zero-order chi connectivity index (χ0) is 29.6. The Labute approximate surface area is 247 Å². The Morgan fingerprint density at radius 3 is 1.69 bits per heavy atom. The highest BCUT2D eigenvalue weighted by atomic mass is 16.3. The summed E-state index contributed by atoms with van der Waals surface area (Å²) in [4.78, 5) is 8.84. The van der Waals surface area contributed by atoms with Gasteiger partial charge in [0.05, 0.1) is 48.5 Å². The fraction of sp³-hybridized carbons (Fsp3) is 0.333. The molecule has 1 aromatic heterocycles. The molecule has 0 aliphatic heterocycles. The quantitative estimate of drug-likeness (QED) is 0.101. The molecule has 222 valence electrons. The van der Waals surface area contributed by atoms with Gasteiger partial charge >= 0.3 is 0 Å². The van der Waals surface area contributed by atoms with E-state index in [9.17, 15) is 20.4 Å². The minimum atomic E-state index is -1.13. The summed E-state index contributed by atoms with van der Waals surface area (Å²) in [5.41, 5.74) is 4.00. The molecule has 1 unspecified atom stereocenters. The molecule has 0 saturated heterocycles. The Kier molecular flexibility index (Phi) is 12.6. The van der Waals surface area contributed by atoms with Crippen molar-refractivity contribution in [2.45, 2.75) is 56.5 Å². The predicted octanol–water partition coefficient (Wildman–Crippen LogP) is 1.87. The Morgan fingerprint density at radius 1 is 0.619 bits per heavy atom. The van der Waals surface area contributed by atoms with Crippen molar-refractivity contribution in [1.82, 2.24) is 25.9 Å². The Morgan fingerprint density at radius 2 is 1.17 bits per heavy atom. The molecule has 3 aromatic carbocycles. The topological polar surface area (TPSA) is 143 Å². The summed E-state index contributed by atoms with van der Waals surface area (Å²) in [6, 6.07) is 28.2. The molecule has 5 atom stereocenters. The normalized spacial score (nSPS) is 15.0. The molecule has 0 bridgehead atoms. The third-order valence-corrected chi connectivity index (χ3v) is 7.18. The molecule has 0 aliphatic carbocycles. The number of aromatic nitrogens is 2. The highest BCUT2D eigenvalue weighted by molar-refractivity contribution is 5.17. The lowest BCUT2D eigenvalue weighted by Crippen LogP contribution is -2.48. The van der Waals surface area contributed by atoms with Crippen molar-refractivity contribution in [3.05, 3.63) is 131 Å². The summed E-state index contributed by atoms with van der Waals surface area (Å²) in [5.74, 6) is 0. The lowest BCUT2D eigenvalue weighted by molar-refractivity contribution is 0.0336. The lowest BCUT2D eigenvalue weighted by Gasteiger charge is -2.29. The molecule has 1 heterocycles. The number of hydrogen-bond donors (Lipinski definition) is 7. The maximum absolute atomic E-state index is 11.3. The van der Waals surface area contributed by atoms with Crippen LogP contribution in [0.1, 0.15) is 34.2 Å². The molecule has 0 spiro atoms. The van der Waals surface area contributed by atoms with Crippen LogP contribution in [0.4, 0.5) is 0 Å². The molecule has 0 amide bonds. The molecule has 4 aromatic rings. The monoisotopic (exact) mass is 571 g/mol. The summed E-state index contributed by atoms with van der Waals surface area (Å²) in [6.07, 6.45) is 0.226. The van der Waals surface area contributed by atoms with Crippen LogP contribution in [0.3, 0.4) is 0 Å². The second-order valence-electron chi connectivity index (χ2n) is 10.4. The third-order valence-electron chi connectivity index (χ3n) is 7.18. The Hall–Kier alpha value is -3.54. The second-order valence-corrected chi connectivity index (χ2v) is 10.4. The van der Waals surface area contributed by atoms with Crippen molar-refractivity contribution in [2.24, 2.45) is 0 Å². The number of aliphatic hydroxyl groups is 4. The highest BCUT2D eigenvalue weighted by Crippen LogP contribution is 2.18. The summed E-state index contributed by atoms with van der Waals surface area (Å²) in [5, 5.41) is 52.7. The van der Waals surface area contributed by atoms with Crippen LogP contribution in [0.2, 0.25) is 0 Å². The van der Waals surface area contributed by atoms with Crippen LogP contribution < -0.4 is 16.0 Å².